The van der Waals surface area contributed by atoms with Gasteiger partial charge in [-0.2, -0.15) is 0 Å². The van der Waals surface area contributed by atoms with Crippen LogP contribution in [0.25, 0.3) is 0 Å². The summed E-state index contributed by atoms with van der Waals surface area (Å²) in [4.78, 5) is 12.8. The summed E-state index contributed by atoms with van der Waals surface area (Å²) in [6.07, 6.45) is -0.888. The molecule has 0 saturated heterocycles. The molecule has 7 heteroatoms. The number of urea groups is 1. The second kappa shape index (κ2) is 8.50. The number of amides is 2. The average molecular weight is 338 g/mol. The molecule has 5 nitrogen and oxygen atoms in total. The van der Waals surface area contributed by atoms with Gasteiger partial charge in [0, 0.05) is 17.5 Å². The smallest absolute Gasteiger partial charge is 0.315 e. The Hall–Kier alpha value is -2.12. The van der Waals surface area contributed by atoms with Gasteiger partial charge in [-0.25, -0.2) is 9.18 Å². The lowest BCUT2D eigenvalue weighted by molar-refractivity contribution is 0.107. The van der Waals surface area contributed by atoms with E-state index in [2.05, 4.69) is 10.6 Å². The van der Waals surface area contributed by atoms with Gasteiger partial charge in [0.05, 0.1) is 6.04 Å². The van der Waals surface area contributed by atoms with Gasteiger partial charge in [0.25, 0.3) is 0 Å². The molecular weight excluding hydrogens is 319 g/mol. The van der Waals surface area contributed by atoms with Crippen LogP contribution in [0.4, 0.5) is 9.18 Å². The Kier molecular flexibility index (Phi) is 6.37. The molecule has 0 aliphatic heterocycles. The quantitative estimate of drug-likeness (QED) is 0.727. The molecule has 2 rings (SSSR count). The van der Waals surface area contributed by atoms with E-state index in [0.717, 1.165) is 4.88 Å². The van der Waals surface area contributed by atoms with E-state index in [1.54, 1.807) is 17.4 Å². The summed E-state index contributed by atoms with van der Waals surface area (Å²) in [5, 5.41) is 17.1. The Morgan fingerprint density at radius 1 is 1.39 bits per heavy atom. The van der Waals surface area contributed by atoms with Crippen molar-refractivity contribution in [2.45, 2.75) is 19.1 Å². The Balaban J connectivity index is 1.67. The molecule has 0 aliphatic rings. The molecule has 0 spiro atoms. The van der Waals surface area contributed by atoms with Gasteiger partial charge in [-0.05, 0) is 30.5 Å². The zero-order valence-electron chi connectivity index (χ0n) is 12.7. The van der Waals surface area contributed by atoms with E-state index in [4.69, 9.17) is 4.74 Å². The fraction of sp³-hybridized carbons (Fsp3) is 0.312. The second-order valence-electron chi connectivity index (χ2n) is 5.01. The molecule has 2 amide bonds. The first-order valence-electron chi connectivity index (χ1n) is 7.19. The van der Waals surface area contributed by atoms with Crippen molar-refractivity contribution in [3.05, 3.63) is 52.5 Å². The van der Waals surface area contributed by atoms with E-state index in [0.29, 0.717) is 5.75 Å². The van der Waals surface area contributed by atoms with Crippen LogP contribution in [-0.2, 0) is 0 Å². The molecule has 0 aliphatic carbocycles. The van der Waals surface area contributed by atoms with E-state index in [9.17, 15) is 14.3 Å². The van der Waals surface area contributed by atoms with Crippen molar-refractivity contribution in [1.82, 2.24) is 10.6 Å². The predicted octanol–water partition coefficient (Wildman–Crippen LogP) is 2.69. The molecule has 0 fully saturated rings. The summed E-state index contributed by atoms with van der Waals surface area (Å²) >= 11 is 1.56. The number of ether oxygens (including phenoxy) is 1. The summed E-state index contributed by atoms with van der Waals surface area (Å²) < 4.78 is 18.2. The normalized spacial score (nSPS) is 13.2. The van der Waals surface area contributed by atoms with E-state index < -0.39 is 11.9 Å². The lowest BCUT2D eigenvalue weighted by atomic mass is 10.3. The maximum Gasteiger partial charge on any atom is 0.315 e. The molecule has 1 aromatic heterocycles. The van der Waals surface area contributed by atoms with E-state index in [-0.39, 0.29) is 25.2 Å². The summed E-state index contributed by atoms with van der Waals surface area (Å²) in [5.74, 6) is -0.0723. The molecule has 2 atom stereocenters. The molecule has 0 unspecified atom stereocenters. The maximum absolute atomic E-state index is 13.0. The van der Waals surface area contributed by atoms with Crippen LogP contribution >= 0.6 is 11.3 Å². The molecule has 23 heavy (non-hydrogen) atoms. The minimum absolute atomic E-state index is 0.0375. The van der Waals surface area contributed by atoms with Crippen molar-refractivity contribution in [3.8, 4) is 5.75 Å². The first kappa shape index (κ1) is 17.2. The predicted molar refractivity (Wildman–Crippen MR) is 87.2 cm³/mol. The number of hydrogen-bond donors (Lipinski definition) is 3. The largest absolute Gasteiger partial charge is 0.491 e. The number of halogens is 1. The fourth-order valence-corrected chi connectivity index (χ4v) is 2.61. The minimum atomic E-state index is -0.888. The molecular formula is C16H19FN2O3S. The van der Waals surface area contributed by atoms with Crippen LogP contribution in [0.5, 0.6) is 5.75 Å². The van der Waals surface area contributed by atoms with Gasteiger partial charge >= 0.3 is 6.03 Å². The van der Waals surface area contributed by atoms with Crippen molar-refractivity contribution in [2.75, 3.05) is 13.2 Å². The summed E-state index contributed by atoms with van der Waals surface area (Å²) in [5.41, 5.74) is 0. The Labute approximate surface area is 138 Å². The van der Waals surface area contributed by atoms with Crippen molar-refractivity contribution in [2.24, 2.45) is 0 Å². The van der Waals surface area contributed by atoms with Gasteiger partial charge < -0.3 is 20.5 Å². The first-order valence-corrected chi connectivity index (χ1v) is 8.07. The van der Waals surface area contributed by atoms with E-state index in [1.165, 1.54) is 18.2 Å². The second-order valence-corrected chi connectivity index (χ2v) is 5.99. The standard InChI is InChI=1S/C16H19FN2O3S/c1-11(15-6-3-7-23-15)19-16(21)18-9-13(20)10-22-14-5-2-4-12(17)8-14/h2-8,11,13,20H,9-10H2,1H3,(H2,18,19,21)/t11-,13+/m1/s1. The maximum atomic E-state index is 13.0. The third-order valence-corrected chi connectivity index (χ3v) is 4.11. The highest BCUT2D eigenvalue weighted by Crippen LogP contribution is 2.17. The van der Waals surface area contributed by atoms with Crippen molar-refractivity contribution in [1.29, 1.82) is 0 Å². The average Bonchev–Trinajstić information content (AvgIpc) is 3.05. The Morgan fingerprint density at radius 3 is 2.91 bits per heavy atom. The minimum Gasteiger partial charge on any atom is -0.491 e. The van der Waals surface area contributed by atoms with Crippen LogP contribution in [0.1, 0.15) is 17.8 Å². The molecule has 3 N–H and O–H groups in total. The third-order valence-electron chi connectivity index (χ3n) is 3.05. The van der Waals surface area contributed by atoms with Crippen molar-refractivity contribution in [3.63, 3.8) is 0 Å². The number of rotatable bonds is 7. The number of nitrogens with one attached hydrogen (secondary N) is 2. The van der Waals surface area contributed by atoms with Crippen molar-refractivity contribution >= 4 is 17.4 Å². The highest BCUT2D eigenvalue weighted by atomic mass is 32.1. The van der Waals surface area contributed by atoms with E-state index >= 15 is 0 Å². The Bertz CT molecular complexity index is 622. The van der Waals surface area contributed by atoms with Gasteiger partial charge in [0.2, 0.25) is 0 Å². The zero-order valence-corrected chi connectivity index (χ0v) is 13.5. The highest BCUT2D eigenvalue weighted by Gasteiger charge is 2.12. The molecule has 0 bridgehead atoms. The molecule has 1 heterocycles. The van der Waals surface area contributed by atoms with Crippen LogP contribution < -0.4 is 15.4 Å². The molecule has 124 valence electrons. The third kappa shape index (κ3) is 5.88. The number of carbonyl (C=O) groups excluding carboxylic acids is 1. The molecule has 1 aromatic carbocycles. The van der Waals surface area contributed by atoms with Gasteiger partial charge in [0.1, 0.15) is 24.3 Å². The van der Waals surface area contributed by atoms with Crippen molar-refractivity contribution < 1.29 is 19.0 Å². The number of thiophene rings is 1. The number of hydrogen-bond acceptors (Lipinski definition) is 4. The van der Waals surface area contributed by atoms with Crippen LogP contribution in [0, 0.1) is 5.82 Å². The summed E-state index contributed by atoms with van der Waals surface area (Å²) in [6, 6.07) is 9.06. The highest BCUT2D eigenvalue weighted by molar-refractivity contribution is 7.10. The number of aliphatic hydroxyl groups is 1. The van der Waals surface area contributed by atoms with Gasteiger partial charge in [-0.15, -0.1) is 11.3 Å². The van der Waals surface area contributed by atoms with Crippen LogP contribution in [0.2, 0.25) is 0 Å². The van der Waals surface area contributed by atoms with Crippen LogP contribution in [-0.4, -0.2) is 30.4 Å². The molecule has 0 saturated carbocycles. The SMILES string of the molecule is C[C@@H](NC(=O)NC[C@H](O)COc1cccc(F)c1)c1cccs1. The summed E-state index contributed by atoms with van der Waals surface area (Å²) in [7, 11) is 0. The van der Waals surface area contributed by atoms with Crippen LogP contribution in [0.3, 0.4) is 0 Å². The summed E-state index contributed by atoms with van der Waals surface area (Å²) in [6.45, 7) is 1.89. The number of carbonyl (C=O) groups is 1. The van der Waals surface area contributed by atoms with Gasteiger partial charge in [-0.3, -0.25) is 0 Å². The van der Waals surface area contributed by atoms with E-state index in [1.807, 2.05) is 24.4 Å². The van der Waals surface area contributed by atoms with Gasteiger partial charge in [-0.1, -0.05) is 12.1 Å². The first-order chi connectivity index (χ1) is 11.0. The number of aliphatic hydroxyl groups excluding tert-OH is 1. The lowest BCUT2D eigenvalue weighted by Crippen LogP contribution is -2.42. The monoisotopic (exact) mass is 338 g/mol. The zero-order chi connectivity index (χ0) is 16.7. The van der Waals surface area contributed by atoms with Crippen LogP contribution in [0.15, 0.2) is 41.8 Å². The molecule has 2 aromatic rings. The molecule has 0 radical (unpaired) electrons. The topological polar surface area (TPSA) is 70.6 Å². The Morgan fingerprint density at radius 2 is 2.22 bits per heavy atom. The lowest BCUT2D eigenvalue weighted by Gasteiger charge is -2.16. The fourth-order valence-electron chi connectivity index (χ4n) is 1.88. The van der Waals surface area contributed by atoms with Gasteiger partial charge in [0.15, 0.2) is 0 Å². The number of benzene rings is 1.